The van der Waals surface area contributed by atoms with E-state index in [4.69, 9.17) is 4.74 Å². The first kappa shape index (κ1) is 23.7. The molecule has 0 unspecified atom stereocenters. The maximum absolute atomic E-state index is 13.6. The first-order chi connectivity index (χ1) is 15.7. The fraction of sp³-hybridized carbons (Fsp3) is 0.500. The predicted octanol–water partition coefficient (Wildman–Crippen LogP) is 2.39. The molecule has 2 aliphatic rings. The molecule has 1 fully saturated rings. The molecule has 1 amide bonds. The minimum absolute atomic E-state index is 0.0588. The molecule has 9 heteroatoms. The van der Waals surface area contributed by atoms with Gasteiger partial charge in [-0.3, -0.25) is 9.78 Å². The van der Waals surface area contributed by atoms with Crippen molar-refractivity contribution in [2.45, 2.75) is 43.7 Å². The molecule has 0 spiro atoms. The van der Waals surface area contributed by atoms with Crippen molar-refractivity contribution in [3.05, 3.63) is 42.7 Å². The SMILES string of the molecule is C[C@@H]1CN([C@H](C)CO)S(=O)(=O)c2ccc(-c3cccnc3)cc2O[C@@H]1CN(C)C(=O)C1CC1. The third-order valence-electron chi connectivity index (χ3n) is 6.42. The number of ether oxygens (including phenoxy) is 1. The number of rotatable bonds is 6. The summed E-state index contributed by atoms with van der Waals surface area (Å²) in [5.74, 6) is 0.230. The molecule has 2 heterocycles. The van der Waals surface area contributed by atoms with Crippen molar-refractivity contribution >= 4 is 15.9 Å². The maximum atomic E-state index is 13.6. The summed E-state index contributed by atoms with van der Waals surface area (Å²) in [6.45, 7) is 3.86. The summed E-state index contributed by atoms with van der Waals surface area (Å²) in [6, 6.07) is 8.14. The molecule has 8 nitrogen and oxygen atoms in total. The Morgan fingerprint density at radius 1 is 1.30 bits per heavy atom. The Morgan fingerprint density at radius 3 is 2.70 bits per heavy atom. The number of carbonyl (C=O) groups excluding carboxylic acids is 1. The number of sulfonamides is 1. The Labute approximate surface area is 195 Å². The van der Waals surface area contributed by atoms with Crippen molar-refractivity contribution in [1.29, 1.82) is 0 Å². The minimum Gasteiger partial charge on any atom is -0.487 e. The fourth-order valence-corrected chi connectivity index (χ4v) is 5.98. The number of amides is 1. The Hall–Kier alpha value is -2.49. The topological polar surface area (TPSA) is 100 Å². The van der Waals surface area contributed by atoms with E-state index in [9.17, 15) is 18.3 Å². The van der Waals surface area contributed by atoms with Crippen LogP contribution in [0.4, 0.5) is 0 Å². The standard InChI is InChI=1S/C24H31N3O5S/c1-16-13-27(17(2)15-28)33(30,31)23-9-8-19(20-5-4-10-25-12-20)11-21(23)32-22(16)14-26(3)24(29)18-6-7-18/h4-5,8-12,16-18,22,28H,6-7,13-15H2,1-3H3/t16-,17-,22-/m1/s1. The number of hydrogen-bond donors (Lipinski definition) is 1. The van der Waals surface area contributed by atoms with E-state index in [0.29, 0.717) is 6.54 Å². The third-order valence-corrected chi connectivity index (χ3v) is 8.44. The first-order valence-corrected chi connectivity index (χ1v) is 12.7. The predicted molar refractivity (Wildman–Crippen MR) is 124 cm³/mol. The molecule has 1 saturated carbocycles. The second-order valence-corrected chi connectivity index (χ2v) is 11.0. The lowest BCUT2D eigenvalue weighted by atomic mass is 10.0. The second-order valence-electron chi connectivity index (χ2n) is 9.14. The summed E-state index contributed by atoms with van der Waals surface area (Å²) < 4.78 is 34.8. The van der Waals surface area contributed by atoms with Crippen LogP contribution in [0.2, 0.25) is 0 Å². The number of aliphatic hydroxyl groups is 1. The molecular weight excluding hydrogens is 442 g/mol. The Bertz CT molecular complexity index is 1100. The van der Waals surface area contributed by atoms with Crippen LogP contribution in [-0.4, -0.2) is 72.5 Å². The molecule has 4 rings (SSSR count). The van der Waals surface area contributed by atoms with Crippen LogP contribution in [-0.2, 0) is 14.8 Å². The van der Waals surface area contributed by atoms with E-state index >= 15 is 0 Å². The first-order valence-electron chi connectivity index (χ1n) is 11.3. The highest BCUT2D eigenvalue weighted by Crippen LogP contribution is 2.37. The van der Waals surface area contributed by atoms with E-state index in [1.165, 1.54) is 4.31 Å². The summed E-state index contributed by atoms with van der Waals surface area (Å²) >= 11 is 0. The van der Waals surface area contributed by atoms with Gasteiger partial charge >= 0.3 is 0 Å². The Kier molecular flexibility index (Phi) is 6.74. The summed E-state index contributed by atoms with van der Waals surface area (Å²) in [6.07, 6.45) is 4.81. The van der Waals surface area contributed by atoms with E-state index in [1.807, 2.05) is 19.1 Å². The monoisotopic (exact) mass is 473 g/mol. The molecule has 1 aliphatic heterocycles. The molecule has 1 aliphatic carbocycles. The second kappa shape index (κ2) is 9.40. The van der Waals surface area contributed by atoms with Crippen LogP contribution in [0, 0.1) is 11.8 Å². The van der Waals surface area contributed by atoms with Gasteiger partial charge in [0.15, 0.2) is 0 Å². The van der Waals surface area contributed by atoms with Crippen LogP contribution in [0.15, 0.2) is 47.6 Å². The van der Waals surface area contributed by atoms with E-state index < -0.39 is 22.2 Å². The number of hydrogen-bond acceptors (Lipinski definition) is 6. The van der Waals surface area contributed by atoms with Crippen LogP contribution < -0.4 is 4.74 Å². The number of aliphatic hydroxyl groups excluding tert-OH is 1. The Morgan fingerprint density at radius 2 is 2.06 bits per heavy atom. The molecule has 178 valence electrons. The van der Waals surface area contributed by atoms with Crippen molar-refractivity contribution in [3.8, 4) is 16.9 Å². The van der Waals surface area contributed by atoms with Gasteiger partial charge in [0.05, 0.1) is 13.2 Å². The highest BCUT2D eigenvalue weighted by Gasteiger charge is 2.39. The van der Waals surface area contributed by atoms with Crippen LogP contribution in [0.1, 0.15) is 26.7 Å². The number of fused-ring (bicyclic) bond motifs is 1. The van der Waals surface area contributed by atoms with Crippen LogP contribution in [0.5, 0.6) is 5.75 Å². The molecule has 33 heavy (non-hydrogen) atoms. The average Bonchev–Trinajstić information content (AvgIpc) is 3.66. The summed E-state index contributed by atoms with van der Waals surface area (Å²) in [7, 11) is -2.13. The zero-order chi connectivity index (χ0) is 23.8. The minimum atomic E-state index is -3.91. The van der Waals surface area contributed by atoms with Crippen LogP contribution in [0.3, 0.4) is 0 Å². The van der Waals surface area contributed by atoms with Crippen LogP contribution in [0.25, 0.3) is 11.1 Å². The van der Waals surface area contributed by atoms with Gasteiger partial charge in [0, 0.05) is 49.4 Å². The summed E-state index contributed by atoms with van der Waals surface area (Å²) in [4.78, 5) is 18.5. The largest absolute Gasteiger partial charge is 0.487 e. The number of pyridine rings is 1. The molecule has 3 atom stereocenters. The molecule has 1 aromatic heterocycles. The van der Waals surface area contributed by atoms with Crippen molar-refractivity contribution in [1.82, 2.24) is 14.2 Å². The van der Waals surface area contributed by atoms with E-state index in [0.717, 1.165) is 24.0 Å². The molecular formula is C24H31N3O5S. The number of nitrogens with zero attached hydrogens (tertiary/aromatic N) is 3. The number of benzene rings is 1. The molecule has 1 N–H and O–H groups in total. The lowest BCUT2D eigenvalue weighted by molar-refractivity contribution is -0.132. The average molecular weight is 474 g/mol. The zero-order valence-corrected chi connectivity index (χ0v) is 20.0. The van der Waals surface area contributed by atoms with Crippen molar-refractivity contribution < 1.29 is 23.1 Å². The van der Waals surface area contributed by atoms with Crippen LogP contribution >= 0.6 is 0 Å². The lowest BCUT2D eigenvalue weighted by Gasteiger charge is -2.37. The van der Waals surface area contributed by atoms with Crippen molar-refractivity contribution in [3.63, 3.8) is 0 Å². The number of aromatic nitrogens is 1. The van der Waals surface area contributed by atoms with Gasteiger partial charge < -0.3 is 14.7 Å². The molecule has 0 bridgehead atoms. The van der Waals surface area contributed by atoms with Gasteiger partial charge in [-0.25, -0.2) is 8.42 Å². The van der Waals surface area contributed by atoms with E-state index in [1.54, 1.807) is 49.5 Å². The van der Waals surface area contributed by atoms with Gasteiger partial charge in [-0.15, -0.1) is 0 Å². The van der Waals surface area contributed by atoms with Gasteiger partial charge in [-0.2, -0.15) is 4.31 Å². The maximum Gasteiger partial charge on any atom is 0.247 e. The number of carbonyl (C=O) groups is 1. The van der Waals surface area contributed by atoms with Gasteiger partial charge in [0.1, 0.15) is 16.7 Å². The normalized spacial score (nSPS) is 23.5. The molecule has 0 saturated heterocycles. The quantitative estimate of drug-likeness (QED) is 0.692. The van der Waals surface area contributed by atoms with Gasteiger partial charge in [-0.05, 0) is 43.5 Å². The molecule has 1 aromatic carbocycles. The van der Waals surface area contributed by atoms with E-state index in [-0.39, 0.29) is 41.5 Å². The third kappa shape index (κ3) is 4.90. The highest BCUT2D eigenvalue weighted by atomic mass is 32.2. The molecule has 0 radical (unpaired) electrons. The lowest BCUT2D eigenvalue weighted by Crippen LogP contribution is -2.50. The van der Waals surface area contributed by atoms with Gasteiger partial charge in [0.25, 0.3) is 0 Å². The summed E-state index contributed by atoms with van der Waals surface area (Å²) in [5, 5.41) is 9.76. The van der Waals surface area contributed by atoms with Crippen molar-refractivity contribution in [2.75, 3.05) is 26.7 Å². The van der Waals surface area contributed by atoms with Gasteiger partial charge in [-0.1, -0.05) is 19.1 Å². The zero-order valence-electron chi connectivity index (χ0n) is 19.2. The van der Waals surface area contributed by atoms with E-state index in [2.05, 4.69) is 4.98 Å². The van der Waals surface area contributed by atoms with Crippen molar-refractivity contribution in [2.24, 2.45) is 11.8 Å². The Balaban J connectivity index is 1.76. The summed E-state index contributed by atoms with van der Waals surface area (Å²) in [5.41, 5.74) is 1.63. The molecule has 2 aromatic rings. The van der Waals surface area contributed by atoms with Gasteiger partial charge in [0.2, 0.25) is 15.9 Å². The highest BCUT2D eigenvalue weighted by molar-refractivity contribution is 7.89. The number of likely N-dealkylation sites (N-methyl/N-ethyl adjacent to an activating group) is 1. The fourth-order valence-electron chi connectivity index (χ4n) is 4.16. The smallest absolute Gasteiger partial charge is 0.247 e.